The number of benzene rings is 2. The summed E-state index contributed by atoms with van der Waals surface area (Å²) in [5, 5.41) is 11.3. The Morgan fingerprint density at radius 1 is 1.19 bits per heavy atom. The number of hydrogen-bond acceptors (Lipinski definition) is 5. The van der Waals surface area contributed by atoms with E-state index in [1.807, 2.05) is 0 Å². The van der Waals surface area contributed by atoms with E-state index in [0.29, 0.717) is 0 Å². The van der Waals surface area contributed by atoms with Crippen molar-refractivity contribution in [3.8, 4) is 0 Å². The fraction of sp³-hybridized carbons (Fsp3) is 0.176. The third-order valence-corrected chi connectivity index (χ3v) is 4.40. The second-order valence-electron chi connectivity index (χ2n) is 5.85. The van der Waals surface area contributed by atoms with Crippen LogP contribution in [0, 0.1) is 15.9 Å². The third-order valence-electron chi connectivity index (χ3n) is 4.05. The van der Waals surface area contributed by atoms with E-state index in [9.17, 15) is 24.1 Å². The first-order chi connectivity index (χ1) is 12.3. The SMILES string of the molecule is CN(Cc1c(F)cccc1Cl)CN1C(=O)c2cccc([N+](=O)[O-])c2C1=O. The highest BCUT2D eigenvalue weighted by Crippen LogP contribution is 2.31. The zero-order valence-corrected chi connectivity index (χ0v) is 14.4. The van der Waals surface area contributed by atoms with E-state index < -0.39 is 28.2 Å². The summed E-state index contributed by atoms with van der Waals surface area (Å²) in [5.41, 5.74) is -0.413. The maximum Gasteiger partial charge on any atom is 0.282 e. The lowest BCUT2D eigenvalue weighted by Crippen LogP contribution is -2.39. The van der Waals surface area contributed by atoms with Crippen LogP contribution in [0.3, 0.4) is 0 Å². The van der Waals surface area contributed by atoms with Crippen LogP contribution in [-0.4, -0.2) is 40.3 Å². The van der Waals surface area contributed by atoms with Gasteiger partial charge in [0.2, 0.25) is 0 Å². The molecule has 1 aliphatic heterocycles. The number of halogens is 2. The lowest BCUT2D eigenvalue weighted by molar-refractivity contribution is -0.385. The molecule has 7 nitrogen and oxygen atoms in total. The Labute approximate surface area is 152 Å². The van der Waals surface area contributed by atoms with Crippen molar-refractivity contribution in [2.45, 2.75) is 6.54 Å². The zero-order valence-electron chi connectivity index (χ0n) is 13.6. The number of amides is 2. The van der Waals surface area contributed by atoms with E-state index in [1.165, 1.54) is 35.2 Å². The molecule has 0 aromatic heterocycles. The van der Waals surface area contributed by atoms with Gasteiger partial charge in [0.05, 0.1) is 17.2 Å². The molecule has 0 radical (unpaired) electrons. The molecule has 0 saturated heterocycles. The number of carbonyl (C=O) groups excluding carboxylic acids is 2. The molecule has 0 saturated carbocycles. The Morgan fingerprint density at radius 2 is 1.88 bits per heavy atom. The number of nitrogens with zero attached hydrogens (tertiary/aromatic N) is 3. The minimum Gasteiger partial charge on any atom is -0.284 e. The molecule has 0 spiro atoms. The van der Waals surface area contributed by atoms with Crippen LogP contribution in [0.15, 0.2) is 36.4 Å². The van der Waals surface area contributed by atoms with Crippen LogP contribution >= 0.6 is 11.6 Å². The van der Waals surface area contributed by atoms with Gasteiger partial charge in [0.1, 0.15) is 11.4 Å². The Hall–Kier alpha value is -2.84. The molecule has 1 heterocycles. The quantitative estimate of drug-likeness (QED) is 0.454. The van der Waals surface area contributed by atoms with Crippen LogP contribution in [0.2, 0.25) is 5.02 Å². The van der Waals surface area contributed by atoms with Crippen LogP contribution in [0.25, 0.3) is 0 Å². The van der Waals surface area contributed by atoms with E-state index in [0.717, 1.165) is 4.90 Å². The third kappa shape index (κ3) is 3.04. The topological polar surface area (TPSA) is 83.8 Å². The molecule has 0 N–H and O–H groups in total. The van der Waals surface area contributed by atoms with Crippen molar-refractivity contribution in [3.63, 3.8) is 0 Å². The van der Waals surface area contributed by atoms with E-state index in [4.69, 9.17) is 11.6 Å². The summed E-state index contributed by atoms with van der Waals surface area (Å²) < 4.78 is 13.9. The summed E-state index contributed by atoms with van der Waals surface area (Å²) in [6, 6.07) is 8.19. The Bertz CT molecular complexity index is 914. The molecule has 2 aromatic rings. The van der Waals surface area contributed by atoms with Crippen LogP contribution in [0.1, 0.15) is 26.3 Å². The summed E-state index contributed by atoms with van der Waals surface area (Å²) in [4.78, 5) is 37.8. The first-order valence-electron chi connectivity index (χ1n) is 7.56. The Morgan fingerprint density at radius 3 is 2.54 bits per heavy atom. The van der Waals surface area contributed by atoms with Crippen LogP contribution < -0.4 is 0 Å². The molecular weight excluding hydrogens is 365 g/mol. The summed E-state index contributed by atoms with van der Waals surface area (Å²) in [6.45, 7) is -0.102. The monoisotopic (exact) mass is 377 g/mol. The van der Waals surface area contributed by atoms with Crippen molar-refractivity contribution < 1.29 is 18.9 Å². The highest BCUT2D eigenvalue weighted by molar-refractivity contribution is 6.31. The summed E-state index contributed by atoms with van der Waals surface area (Å²) in [5.74, 6) is -1.87. The molecule has 0 aliphatic carbocycles. The molecular formula is C17H13ClFN3O4. The predicted octanol–water partition coefficient (Wildman–Crippen LogP) is 3.07. The largest absolute Gasteiger partial charge is 0.284 e. The van der Waals surface area contributed by atoms with Crippen molar-refractivity contribution in [2.24, 2.45) is 0 Å². The van der Waals surface area contributed by atoms with Gasteiger partial charge in [0, 0.05) is 23.2 Å². The van der Waals surface area contributed by atoms with E-state index in [1.54, 1.807) is 13.1 Å². The number of rotatable bonds is 5. The van der Waals surface area contributed by atoms with Crippen molar-refractivity contribution in [3.05, 3.63) is 74.0 Å². The Kier molecular flexibility index (Phi) is 4.71. The highest BCUT2D eigenvalue weighted by atomic mass is 35.5. The molecule has 1 aliphatic rings. The molecule has 0 bridgehead atoms. The Balaban J connectivity index is 1.83. The van der Waals surface area contributed by atoms with Gasteiger partial charge in [0.15, 0.2) is 0 Å². The number of fused-ring (bicyclic) bond motifs is 1. The van der Waals surface area contributed by atoms with Crippen LogP contribution in [0.4, 0.5) is 10.1 Å². The molecule has 0 atom stereocenters. The van der Waals surface area contributed by atoms with Crippen LogP contribution in [0.5, 0.6) is 0 Å². The first-order valence-corrected chi connectivity index (χ1v) is 7.94. The molecule has 0 fully saturated rings. The average molecular weight is 378 g/mol. The number of nitro benzene ring substituents is 1. The fourth-order valence-electron chi connectivity index (χ4n) is 2.84. The van der Waals surface area contributed by atoms with E-state index in [2.05, 4.69) is 0 Å². The van der Waals surface area contributed by atoms with Crippen molar-refractivity contribution in [1.29, 1.82) is 0 Å². The molecule has 2 amide bonds. The highest BCUT2D eigenvalue weighted by Gasteiger charge is 2.41. The van der Waals surface area contributed by atoms with Crippen molar-refractivity contribution >= 4 is 29.1 Å². The normalized spacial score (nSPS) is 13.5. The maximum atomic E-state index is 13.9. The van der Waals surface area contributed by atoms with Gasteiger partial charge in [-0.1, -0.05) is 23.7 Å². The van der Waals surface area contributed by atoms with Crippen LogP contribution in [-0.2, 0) is 6.54 Å². The number of nitro groups is 1. The molecule has 26 heavy (non-hydrogen) atoms. The molecule has 3 rings (SSSR count). The first kappa shape index (κ1) is 18.0. The van der Waals surface area contributed by atoms with Gasteiger partial charge in [0.25, 0.3) is 17.5 Å². The van der Waals surface area contributed by atoms with E-state index in [-0.39, 0.29) is 34.9 Å². The number of imide groups is 1. The smallest absolute Gasteiger partial charge is 0.282 e. The van der Waals surface area contributed by atoms with Gasteiger partial charge < -0.3 is 0 Å². The number of carbonyl (C=O) groups is 2. The minimum atomic E-state index is -0.746. The standard InChI is InChI=1S/C17H13ClFN3O4/c1-20(8-11-12(18)5-3-6-13(11)19)9-21-16(23)10-4-2-7-14(22(25)26)15(10)17(21)24/h2-7H,8-9H2,1H3. The maximum absolute atomic E-state index is 13.9. The second-order valence-corrected chi connectivity index (χ2v) is 6.26. The van der Waals surface area contributed by atoms with E-state index >= 15 is 0 Å². The fourth-order valence-corrected chi connectivity index (χ4v) is 3.06. The molecule has 2 aromatic carbocycles. The van der Waals surface area contributed by atoms with Gasteiger partial charge in [-0.2, -0.15) is 0 Å². The van der Waals surface area contributed by atoms with Gasteiger partial charge in [-0.3, -0.25) is 29.5 Å². The lowest BCUT2D eigenvalue weighted by atomic mass is 10.1. The second kappa shape index (κ2) is 6.81. The van der Waals surface area contributed by atoms with Gasteiger partial charge >= 0.3 is 0 Å². The van der Waals surface area contributed by atoms with Gasteiger partial charge in [-0.25, -0.2) is 4.39 Å². The summed E-state index contributed by atoms with van der Waals surface area (Å²) >= 11 is 5.99. The van der Waals surface area contributed by atoms with Gasteiger partial charge in [-0.15, -0.1) is 0 Å². The molecule has 0 unspecified atom stereocenters. The average Bonchev–Trinajstić information content (AvgIpc) is 2.83. The molecule has 134 valence electrons. The zero-order chi connectivity index (χ0) is 19.0. The van der Waals surface area contributed by atoms with Crippen molar-refractivity contribution in [2.75, 3.05) is 13.7 Å². The summed E-state index contributed by atoms with van der Waals surface area (Å²) in [7, 11) is 1.58. The van der Waals surface area contributed by atoms with Gasteiger partial charge in [-0.05, 0) is 25.2 Å². The number of hydrogen-bond donors (Lipinski definition) is 0. The minimum absolute atomic E-state index is 0.0125. The lowest BCUT2D eigenvalue weighted by Gasteiger charge is -2.23. The molecule has 9 heteroatoms. The van der Waals surface area contributed by atoms with Crippen molar-refractivity contribution in [1.82, 2.24) is 9.80 Å². The predicted molar refractivity (Wildman–Crippen MR) is 91.3 cm³/mol. The summed E-state index contributed by atoms with van der Waals surface area (Å²) in [6.07, 6.45) is 0.